The quantitative estimate of drug-likeness (QED) is 0.569. The number of esters is 1. The first kappa shape index (κ1) is 19.9. The molecule has 6 heteroatoms. The van der Waals surface area contributed by atoms with Crippen LogP contribution in [0.2, 0.25) is 0 Å². The lowest BCUT2D eigenvalue weighted by Gasteiger charge is -2.45. The Morgan fingerprint density at radius 1 is 1.06 bits per heavy atom. The monoisotopic (exact) mass is 441 g/mol. The number of ether oxygens (including phenoxy) is 3. The Bertz CT molecular complexity index is 1270. The van der Waals surface area contributed by atoms with E-state index in [0.29, 0.717) is 30.0 Å². The number of rotatable bonds is 4. The fraction of sp³-hybridized carbons (Fsp3) is 0.259. The summed E-state index contributed by atoms with van der Waals surface area (Å²) in [6.07, 6.45) is 0.429. The van der Waals surface area contributed by atoms with E-state index in [1.54, 1.807) is 0 Å². The maximum atomic E-state index is 13.8. The van der Waals surface area contributed by atoms with Crippen molar-refractivity contribution >= 4 is 11.9 Å². The lowest BCUT2D eigenvalue weighted by molar-refractivity contribution is -0.153. The van der Waals surface area contributed by atoms with Crippen molar-refractivity contribution in [2.45, 2.75) is 31.3 Å². The Morgan fingerprint density at radius 3 is 2.58 bits per heavy atom. The van der Waals surface area contributed by atoms with Crippen LogP contribution in [0, 0.1) is 0 Å². The van der Waals surface area contributed by atoms with Gasteiger partial charge in [0.15, 0.2) is 11.5 Å². The molecule has 0 N–H and O–H groups in total. The lowest BCUT2D eigenvalue weighted by atomic mass is 9.69. The van der Waals surface area contributed by atoms with Crippen molar-refractivity contribution in [2.75, 3.05) is 13.4 Å². The van der Waals surface area contributed by atoms with E-state index in [2.05, 4.69) is 0 Å². The Balaban J connectivity index is 1.60. The first-order valence-corrected chi connectivity index (χ1v) is 11.2. The summed E-state index contributed by atoms with van der Waals surface area (Å²) >= 11 is 0. The molecular formula is C27H23NO5. The van der Waals surface area contributed by atoms with E-state index in [1.807, 2.05) is 78.6 Å². The SMILES string of the molecule is CCOC(=O)[C@]12Cc3cc4c(cc3C1N(Cc1ccccc1)C(=O)c1ccccc12)OCO4. The molecule has 2 aliphatic heterocycles. The van der Waals surface area contributed by atoms with Crippen LogP contribution in [-0.2, 0) is 27.9 Å². The third-order valence-corrected chi connectivity index (χ3v) is 6.91. The number of hydrogen-bond donors (Lipinski definition) is 0. The second-order valence-electron chi connectivity index (χ2n) is 8.64. The summed E-state index contributed by atoms with van der Waals surface area (Å²) in [5.41, 5.74) is 3.11. The molecule has 2 atom stereocenters. The van der Waals surface area contributed by atoms with E-state index in [9.17, 15) is 9.59 Å². The minimum Gasteiger partial charge on any atom is -0.465 e. The molecule has 0 fully saturated rings. The van der Waals surface area contributed by atoms with E-state index in [-0.39, 0.29) is 25.3 Å². The number of carbonyl (C=O) groups excluding carboxylic acids is 2. The van der Waals surface area contributed by atoms with Gasteiger partial charge in [-0.3, -0.25) is 9.59 Å². The second-order valence-corrected chi connectivity index (χ2v) is 8.64. The molecule has 33 heavy (non-hydrogen) atoms. The first-order chi connectivity index (χ1) is 16.1. The van der Waals surface area contributed by atoms with Gasteiger partial charge in [0.25, 0.3) is 5.91 Å². The van der Waals surface area contributed by atoms with Crippen LogP contribution >= 0.6 is 0 Å². The fourth-order valence-electron chi connectivity index (χ4n) is 5.57. The van der Waals surface area contributed by atoms with Crippen molar-refractivity contribution in [1.82, 2.24) is 4.90 Å². The van der Waals surface area contributed by atoms with E-state index in [1.165, 1.54) is 0 Å². The molecule has 1 aliphatic carbocycles. The zero-order chi connectivity index (χ0) is 22.6. The highest BCUT2D eigenvalue weighted by molar-refractivity contribution is 6.03. The number of carbonyl (C=O) groups is 2. The van der Waals surface area contributed by atoms with Gasteiger partial charge in [-0.1, -0.05) is 48.5 Å². The van der Waals surface area contributed by atoms with Gasteiger partial charge >= 0.3 is 5.97 Å². The number of nitrogens with zero attached hydrogens (tertiary/aromatic N) is 1. The van der Waals surface area contributed by atoms with E-state index < -0.39 is 11.5 Å². The molecule has 3 aliphatic rings. The Hall–Kier alpha value is -3.80. The van der Waals surface area contributed by atoms with Gasteiger partial charge in [0.05, 0.1) is 12.6 Å². The van der Waals surface area contributed by atoms with Crippen molar-refractivity contribution in [3.05, 3.63) is 94.5 Å². The molecule has 0 radical (unpaired) electrons. The van der Waals surface area contributed by atoms with Gasteiger partial charge in [0.2, 0.25) is 6.79 Å². The molecule has 6 nitrogen and oxygen atoms in total. The number of amides is 1. The highest BCUT2D eigenvalue weighted by Crippen LogP contribution is 2.57. The molecule has 6 rings (SSSR count). The summed E-state index contributed by atoms with van der Waals surface area (Å²) in [5, 5.41) is 0. The van der Waals surface area contributed by atoms with Crippen molar-refractivity contribution in [3.8, 4) is 11.5 Å². The molecule has 0 bridgehead atoms. The fourth-order valence-corrected chi connectivity index (χ4v) is 5.57. The normalized spacial score (nSPS) is 21.9. The Kier molecular flexibility index (Phi) is 4.43. The van der Waals surface area contributed by atoms with Crippen LogP contribution in [0.15, 0.2) is 66.7 Å². The maximum Gasteiger partial charge on any atom is 0.319 e. The van der Waals surface area contributed by atoms with Gasteiger partial charge < -0.3 is 19.1 Å². The lowest BCUT2D eigenvalue weighted by Crippen LogP contribution is -2.54. The molecule has 3 aromatic rings. The third-order valence-electron chi connectivity index (χ3n) is 6.91. The van der Waals surface area contributed by atoms with E-state index >= 15 is 0 Å². The molecule has 0 spiro atoms. The molecule has 0 aromatic heterocycles. The summed E-state index contributed by atoms with van der Waals surface area (Å²) in [4.78, 5) is 29.4. The van der Waals surface area contributed by atoms with E-state index in [0.717, 1.165) is 22.3 Å². The molecule has 166 valence electrons. The summed E-state index contributed by atoms with van der Waals surface area (Å²) in [6.45, 7) is 2.62. The predicted octanol–water partition coefficient (Wildman–Crippen LogP) is 4.17. The zero-order valence-electron chi connectivity index (χ0n) is 18.2. The van der Waals surface area contributed by atoms with Gasteiger partial charge in [0.1, 0.15) is 5.41 Å². The minimum atomic E-state index is -1.04. The Morgan fingerprint density at radius 2 is 1.79 bits per heavy atom. The van der Waals surface area contributed by atoms with Crippen LogP contribution in [-0.4, -0.2) is 30.2 Å². The molecular weight excluding hydrogens is 418 g/mol. The molecule has 0 saturated heterocycles. The smallest absolute Gasteiger partial charge is 0.319 e. The molecule has 3 aromatic carbocycles. The summed E-state index contributed by atoms with van der Waals surface area (Å²) < 4.78 is 16.9. The van der Waals surface area contributed by atoms with Crippen LogP contribution in [0.4, 0.5) is 0 Å². The number of benzene rings is 3. The number of fused-ring (bicyclic) bond motifs is 6. The van der Waals surface area contributed by atoms with Crippen LogP contribution in [0.5, 0.6) is 11.5 Å². The van der Waals surface area contributed by atoms with Gasteiger partial charge in [-0.05, 0) is 53.8 Å². The molecule has 1 unspecified atom stereocenters. The molecule has 1 amide bonds. The molecule has 2 heterocycles. The van der Waals surface area contributed by atoms with Crippen molar-refractivity contribution in [3.63, 3.8) is 0 Å². The van der Waals surface area contributed by atoms with Gasteiger partial charge in [-0.15, -0.1) is 0 Å². The van der Waals surface area contributed by atoms with Gasteiger partial charge in [-0.25, -0.2) is 0 Å². The topological polar surface area (TPSA) is 65.1 Å². The zero-order valence-corrected chi connectivity index (χ0v) is 18.2. The van der Waals surface area contributed by atoms with Gasteiger partial charge in [-0.2, -0.15) is 0 Å². The van der Waals surface area contributed by atoms with Crippen LogP contribution < -0.4 is 9.47 Å². The predicted molar refractivity (Wildman–Crippen MR) is 120 cm³/mol. The average Bonchev–Trinajstić information content (AvgIpc) is 3.43. The van der Waals surface area contributed by atoms with Crippen LogP contribution in [0.1, 0.15) is 45.6 Å². The maximum absolute atomic E-state index is 13.8. The van der Waals surface area contributed by atoms with Gasteiger partial charge in [0, 0.05) is 12.1 Å². The van der Waals surface area contributed by atoms with E-state index in [4.69, 9.17) is 14.2 Å². The molecule has 0 saturated carbocycles. The first-order valence-electron chi connectivity index (χ1n) is 11.2. The standard InChI is InChI=1S/C27H23NO5/c1-2-31-26(30)27-14-18-12-22-23(33-16-32-22)13-20(18)24(27)28(15-17-8-4-3-5-9-17)25(29)19-10-6-7-11-21(19)27/h3-13,24H,2,14-16H2,1H3/t24?,27-/m0/s1. The summed E-state index contributed by atoms with van der Waals surface area (Å²) in [7, 11) is 0. The van der Waals surface area contributed by atoms with Crippen molar-refractivity contribution in [2.24, 2.45) is 0 Å². The largest absolute Gasteiger partial charge is 0.465 e. The van der Waals surface area contributed by atoms with Crippen LogP contribution in [0.3, 0.4) is 0 Å². The summed E-state index contributed by atoms with van der Waals surface area (Å²) in [6, 6.07) is 20.6. The average molecular weight is 441 g/mol. The van der Waals surface area contributed by atoms with Crippen LogP contribution in [0.25, 0.3) is 0 Å². The number of hydrogen-bond acceptors (Lipinski definition) is 5. The second kappa shape index (κ2) is 7.37. The highest BCUT2D eigenvalue weighted by atomic mass is 16.7. The highest BCUT2D eigenvalue weighted by Gasteiger charge is 2.61. The Labute approximate surface area is 191 Å². The van der Waals surface area contributed by atoms with Crippen molar-refractivity contribution < 1.29 is 23.8 Å². The van der Waals surface area contributed by atoms with Crippen molar-refractivity contribution in [1.29, 1.82) is 0 Å². The third kappa shape index (κ3) is 2.80. The summed E-state index contributed by atoms with van der Waals surface area (Å²) in [5.74, 6) is 0.899. The minimum absolute atomic E-state index is 0.0927.